The number of alkyl halides is 2. The van der Waals surface area contributed by atoms with Crippen molar-refractivity contribution in [1.82, 2.24) is 0 Å². The van der Waals surface area contributed by atoms with E-state index in [-0.39, 0.29) is 0 Å². The van der Waals surface area contributed by atoms with Crippen LogP contribution < -0.4 is 0 Å². The molecule has 2 atom stereocenters. The molecule has 0 radical (unpaired) electrons. The van der Waals surface area contributed by atoms with Crippen LogP contribution in [0, 0.1) is 11.8 Å². The van der Waals surface area contributed by atoms with Crippen LogP contribution in [0.25, 0.3) is 0 Å². The maximum atomic E-state index is 5.63. The van der Waals surface area contributed by atoms with Crippen molar-refractivity contribution in [2.45, 2.75) is 168 Å². The first-order valence-corrected chi connectivity index (χ1v) is 20.6. The van der Waals surface area contributed by atoms with Gasteiger partial charge in [-0.1, -0.05) is 173 Å². The standard InChI is InChI=1S/C38H72Br2O3/c1-37(27-23-19-15-11-7-3-5-9-13-17-21-25-31-39)29-33-41-35-43-36-42-34-30-38(2)28-24-20-16-12-8-4-6-10-14-18-22-26-32-40/h23-24,27-28,37-38H,3-22,25-26,29-36H2,1-2H3. The Labute approximate surface area is 286 Å². The largest absolute Gasteiger partial charge is 0.355 e. The molecule has 0 bridgehead atoms. The van der Waals surface area contributed by atoms with E-state index in [1.165, 1.54) is 141 Å². The zero-order chi connectivity index (χ0) is 31.3. The maximum absolute atomic E-state index is 5.63. The van der Waals surface area contributed by atoms with Crippen LogP contribution in [-0.2, 0) is 14.2 Å². The topological polar surface area (TPSA) is 27.7 Å². The number of ether oxygens (including phenoxy) is 3. The fraction of sp³-hybridized carbons (Fsp3) is 0.895. The van der Waals surface area contributed by atoms with Gasteiger partial charge >= 0.3 is 0 Å². The third-order valence-corrected chi connectivity index (χ3v) is 9.33. The highest BCUT2D eigenvalue weighted by atomic mass is 79.9. The van der Waals surface area contributed by atoms with E-state index >= 15 is 0 Å². The number of hydrogen-bond donors (Lipinski definition) is 0. The van der Waals surface area contributed by atoms with E-state index in [9.17, 15) is 0 Å². The molecule has 0 heterocycles. The van der Waals surface area contributed by atoms with Crippen LogP contribution in [0.4, 0.5) is 0 Å². The van der Waals surface area contributed by atoms with Crippen LogP contribution in [0.5, 0.6) is 0 Å². The predicted molar refractivity (Wildman–Crippen MR) is 198 cm³/mol. The van der Waals surface area contributed by atoms with E-state index in [0.717, 1.165) is 36.7 Å². The molecule has 256 valence electrons. The maximum Gasteiger partial charge on any atom is 0.149 e. The van der Waals surface area contributed by atoms with Crippen molar-refractivity contribution in [2.75, 3.05) is 37.5 Å². The molecular formula is C38H72Br2O3. The molecule has 43 heavy (non-hydrogen) atoms. The first kappa shape index (κ1) is 43.3. The molecule has 0 amide bonds. The molecule has 0 aromatic rings. The molecule has 0 aliphatic carbocycles. The number of hydrogen-bond acceptors (Lipinski definition) is 3. The molecule has 0 fully saturated rings. The van der Waals surface area contributed by atoms with Gasteiger partial charge in [0, 0.05) is 23.9 Å². The predicted octanol–water partition coefficient (Wildman–Crippen LogP) is 13.5. The van der Waals surface area contributed by atoms with Gasteiger partial charge in [0.25, 0.3) is 0 Å². The third-order valence-electron chi connectivity index (χ3n) is 8.21. The lowest BCUT2D eigenvalue weighted by atomic mass is 10.0. The first-order chi connectivity index (χ1) is 21.2. The minimum atomic E-state index is 0.320. The van der Waals surface area contributed by atoms with Gasteiger partial charge in [-0.15, -0.1) is 0 Å². The summed E-state index contributed by atoms with van der Waals surface area (Å²) in [7, 11) is 0. The number of halogens is 2. The molecule has 2 unspecified atom stereocenters. The molecule has 0 saturated carbocycles. The van der Waals surface area contributed by atoms with Crippen LogP contribution in [0.2, 0.25) is 0 Å². The van der Waals surface area contributed by atoms with Crippen LogP contribution in [0.1, 0.15) is 168 Å². The summed E-state index contributed by atoms with van der Waals surface area (Å²) in [5, 5.41) is 2.33. The average Bonchev–Trinajstić information content (AvgIpc) is 3.01. The summed E-state index contributed by atoms with van der Waals surface area (Å²) in [6.45, 7) is 6.66. The number of unbranched alkanes of at least 4 members (excludes halogenated alkanes) is 20. The van der Waals surface area contributed by atoms with Crippen LogP contribution in [0.3, 0.4) is 0 Å². The highest BCUT2D eigenvalue weighted by Gasteiger charge is 2.00. The third kappa shape index (κ3) is 38.4. The van der Waals surface area contributed by atoms with Crippen molar-refractivity contribution >= 4 is 31.9 Å². The Morgan fingerprint density at radius 2 is 0.721 bits per heavy atom. The molecule has 0 aromatic carbocycles. The van der Waals surface area contributed by atoms with Gasteiger partial charge in [-0.2, -0.15) is 0 Å². The number of allylic oxidation sites excluding steroid dienone is 4. The average molecular weight is 737 g/mol. The molecule has 0 spiro atoms. The fourth-order valence-electron chi connectivity index (χ4n) is 5.20. The quantitative estimate of drug-likeness (QED) is 0.0277. The molecular weight excluding hydrogens is 664 g/mol. The lowest BCUT2D eigenvalue weighted by molar-refractivity contribution is -0.132. The summed E-state index contributed by atoms with van der Waals surface area (Å²) in [6, 6.07) is 0. The second-order valence-corrected chi connectivity index (χ2v) is 14.3. The van der Waals surface area contributed by atoms with Gasteiger partial charge in [-0.25, -0.2) is 0 Å². The highest BCUT2D eigenvalue weighted by Crippen LogP contribution is 2.14. The zero-order valence-electron chi connectivity index (χ0n) is 28.7. The van der Waals surface area contributed by atoms with Gasteiger partial charge < -0.3 is 14.2 Å². The van der Waals surface area contributed by atoms with Crippen LogP contribution >= 0.6 is 31.9 Å². The molecule has 5 heteroatoms. The van der Waals surface area contributed by atoms with Crippen LogP contribution in [0.15, 0.2) is 24.3 Å². The van der Waals surface area contributed by atoms with E-state index in [4.69, 9.17) is 14.2 Å². The minimum Gasteiger partial charge on any atom is -0.355 e. The summed E-state index contributed by atoms with van der Waals surface area (Å²) < 4.78 is 16.7. The Hall–Kier alpha value is 0.320. The molecule has 0 aromatic heterocycles. The summed E-state index contributed by atoms with van der Waals surface area (Å²) in [5.74, 6) is 1.12. The molecule has 0 N–H and O–H groups in total. The normalized spacial score (nSPS) is 13.5. The Kier molecular flexibility index (Phi) is 38.8. The summed E-state index contributed by atoms with van der Waals surface area (Å²) in [4.78, 5) is 0. The van der Waals surface area contributed by atoms with Gasteiger partial charge in [0.15, 0.2) is 0 Å². The van der Waals surface area contributed by atoms with E-state index in [1.807, 2.05) is 0 Å². The summed E-state index contributed by atoms with van der Waals surface area (Å²) >= 11 is 7.02. The molecule has 0 aliphatic rings. The fourth-order valence-corrected chi connectivity index (χ4v) is 5.99. The highest BCUT2D eigenvalue weighted by molar-refractivity contribution is 9.09. The van der Waals surface area contributed by atoms with Crippen molar-refractivity contribution in [2.24, 2.45) is 11.8 Å². The molecule has 0 saturated heterocycles. The lowest BCUT2D eigenvalue weighted by Gasteiger charge is -2.10. The monoisotopic (exact) mass is 734 g/mol. The van der Waals surface area contributed by atoms with Crippen molar-refractivity contribution in [3.05, 3.63) is 24.3 Å². The van der Waals surface area contributed by atoms with Crippen LogP contribution in [-0.4, -0.2) is 37.5 Å². The molecule has 0 rings (SSSR count). The van der Waals surface area contributed by atoms with Gasteiger partial charge in [-0.05, 0) is 63.2 Å². The van der Waals surface area contributed by atoms with Gasteiger partial charge in [0.05, 0.1) is 0 Å². The van der Waals surface area contributed by atoms with Crippen molar-refractivity contribution in [1.29, 1.82) is 0 Å². The van der Waals surface area contributed by atoms with Gasteiger partial charge in [0.1, 0.15) is 13.6 Å². The Morgan fingerprint density at radius 1 is 0.419 bits per heavy atom. The van der Waals surface area contributed by atoms with E-state index in [2.05, 4.69) is 70.0 Å². The first-order valence-electron chi connectivity index (χ1n) is 18.4. The minimum absolute atomic E-state index is 0.320. The van der Waals surface area contributed by atoms with Gasteiger partial charge in [0.2, 0.25) is 0 Å². The Balaban J connectivity index is 3.34. The van der Waals surface area contributed by atoms with Crippen molar-refractivity contribution < 1.29 is 14.2 Å². The zero-order valence-corrected chi connectivity index (χ0v) is 31.8. The van der Waals surface area contributed by atoms with Gasteiger partial charge in [-0.3, -0.25) is 0 Å². The second-order valence-electron chi connectivity index (χ2n) is 12.7. The Morgan fingerprint density at radius 3 is 1.05 bits per heavy atom. The lowest BCUT2D eigenvalue weighted by Crippen LogP contribution is -2.08. The number of rotatable bonds is 36. The SMILES string of the molecule is CC(C=CCCCCCCCCCCCCBr)CCOCOCOCCC(C)C=CCCCCCCCCCCCCBr. The van der Waals surface area contributed by atoms with E-state index in [1.54, 1.807) is 0 Å². The second kappa shape index (κ2) is 38.5. The van der Waals surface area contributed by atoms with E-state index in [0.29, 0.717) is 25.4 Å². The summed E-state index contributed by atoms with van der Waals surface area (Å²) in [5.41, 5.74) is 0. The smallest absolute Gasteiger partial charge is 0.149 e. The Bertz CT molecular complexity index is 521. The summed E-state index contributed by atoms with van der Waals surface area (Å²) in [6.07, 6.45) is 41.8. The van der Waals surface area contributed by atoms with Crippen molar-refractivity contribution in [3.8, 4) is 0 Å². The molecule has 3 nitrogen and oxygen atoms in total. The van der Waals surface area contributed by atoms with E-state index < -0.39 is 0 Å². The molecule has 0 aliphatic heterocycles. The van der Waals surface area contributed by atoms with Crippen molar-refractivity contribution in [3.63, 3.8) is 0 Å².